The number of nitrogens with zero attached hydrogens (tertiary/aromatic N) is 3. The Morgan fingerprint density at radius 1 is 1.48 bits per heavy atom. The first kappa shape index (κ1) is 14.6. The predicted molar refractivity (Wildman–Crippen MR) is 72.1 cm³/mol. The Bertz CT molecular complexity index is 684. The van der Waals surface area contributed by atoms with Crippen molar-refractivity contribution in [2.75, 3.05) is 0 Å². The summed E-state index contributed by atoms with van der Waals surface area (Å²) in [5.41, 5.74) is -0.357. The molecule has 0 fully saturated rings. The molecule has 110 valence electrons. The first-order valence-corrected chi connectivity index (χ1v) is 6.26. The zero-order valence-corrected chi connectivity index (χ0v) is 11.2. The molecule has 0 spiro atoms. The highest BCUT2D eigenvalue weighted by atomic mass is 19.1. The third-order valence-electron chi connectivity index (χ3n) is 2.88. The molecule has 0 saturated heterocycles. The van der Waals surface area contributed by atoms with Crippen LogP contribution >= 0.6 is 0 Å². The molecule has 1 heterocycles. The van der Waals surface area contributed by atoms with Gasteiger partial charge in [0.25, 0.3) is 5.91 Å². The largest absolute Gasteiger partial charge is 0.346 e. The zero-order valence-electron chi connectivity index (χ0n) is 11.2. The van der Waals surface area contributed by atoms with E-state index in [4.69, 9.17) is 0 Å². The van der Waals surface area contributed by atoms with Crippen LogP contribution in [0.2, 0.25) is 0 Å². The molecular formula is C13H13FN4O3. The molecule has 0 radical (unpaired) electrons. The predicted octanol–water partition coefficient (Wildman–Crippen LogP) is 1.88. The van der Waals surface area contributed by atoms with Gasteiger partial charge in [-0.1, -0.05) is 18.2 Å². The molecule has 1 aromatic heterocycles. The van der Waals surface area contributed by atoms with E-state index in [9.17, 15) is 19.3 Å². The van der Waals surface area contributed by atoms with Crippen LogP contribution in [0.3, 0.4) is 0 Å². The van der Waals surface area contributed by atoms with Crippen LogP contribution in [-0.2, 0) is 13.1 Å². The number of halogens is 1. The fourth-order valence-corrected chi connectivity index (χ4v) is 1.77. The highest BCUT2D eigenvalue weighted by molar-refractivity contribution is 5.95. The van der Waals surface area contributed by atoms with Crippen molar-refractivity contribution in [2.45, 2.75) is 20.0 Å². The number of nitro groups is 1. The summed E-state index contributed by atoms with van der Waals surface area (Å²) in [7, 11) is 0. The summed E-state index contributed by atoms with van der Waals surface area (Å²) in [4.78, 5) is 22.2. The van der Waals surface area contributed by atoms with E-state index in [0.29, 0.717) is 12.1 Å². The van der Waals surface area contributed by atoms with E-state index in [2.05, 4.69) is 10.4 Å². The fraction of sp³-hybridized carbons (Fsp3) is 0.231. The first-order chi connectivity index (χ1) is 10.0. The molecule has 1 amide bonds. The van der Waals surface area contributed by atoms with Crippen molar-refractivity contribution in [3.05, 3.63) is 57.7 Å². The Morgan fingerprint density at radius 3 is 2.81 bits per heavy atom. The summed E-state index contributed by atoms with van der Waals surface area (Å²) >= 11 is 0. The van der Waals surface area contributed by atoms with Crippen molar-refractivity contribution in [3.63, 3.8) is 0 Å². The SMILES string of the molecule is CCn1cc([N+](=O)[O-])c(C(=O)NCc2ccccc2F)n1. The van der Waals surface area contributed by atoms with Crippen molar-refractivity contribution < 1.29 is 14.1 Å². The molecule has 0 aliphatic rings. The normalized spacial score (nSPS) is 10.4. The summed E-state index contributed by atoms with van der Waals surface area (Å²) in [5.74, 6) is -1.16. The van der Waals surface area contributed by atoms with E-state index >= 15 is 0 Å². The topological polar surface area (TPSA) is 90.1 Å². The van der Waals surface area contributed by atoms with E-state index in [1.165, 1.54) is 29.1 Å². The number of aryl methyl sites for hydroxylation is 1. The minimum atomic E-state index is -0.711. The maximum Gasteiger partial charge on any atom is 0.320 e. The minimum Gasteiger partial charge on any atom is -0.346 e. The minimum absolute atomic E-state index is 0.0678. The van der Waals surface area contributed by atoms with Gasteiger partial charge < -0.3 is 5.32 Å². The molecule has 0 atom stereocenters. The van der Waals surface area contributed by atoms with Gasteiger partial charge in [0, 0.05) is 18.7 Å². The third kappa shape index (κ3) is 3.22. The second-order valence-corrected chi connectivity index (χ2v) is 4.25. The summed E-state index contributed by atoms with van der Waals surface area (Å²) < 4.78 is 14.7. The van der Waals surface area contributed by atoms with Crippen LogP contribution in [0.5, 0.6) is 0 Å². The van der Waals surface area contributed by atoms with Gasteiger partial charge in [0.05, 0.1) is 4.92 Å². The average molecular weight is 292 g/mol. The smallest absolute Gasteiger partial charge is 0.320 e. The number of carbonyl (C=O) groups is 1. The van der Waals surface area contributed by atoms with Crippen molar-refractivity contribution >= 4 is 11.6 Å². The molecule has 8 heteroatoms. The van der Waals surface area contributed by atoms with Crippen molar-refractivity contribution in [1.29, 1.82) is 0 Å². The van der Waals surface area contributed by atoms with Gasteiger partial charge >= 0.3 is 5.69 Å². The van der Waals surface area contributed by atoms with Crippen LogP contribution in [-0.4, -0.2) is 20.6 Å². The highest BCUT2D eigenvalue weighted by Gasteiger charge is 2.25. The Labute approximate surface area is 119 Å². The molecule has 1 N–H and O–H groups in total. The fourth-order valence-electron chi connectivity index (χ4n) is 1.77. The lowest BCUT2D eigenvalue weighted by molar-refractivity contribution is -0.385. The number of rotatable bonds is 5. The van der Waals surface area contributed by atoms with Crippen LogP contribution < -0.4 is 5.32 Å². The molecule has 2 rings (SSSR count). The molecule has 21 heavy (non-hydrogen) atoms. The second-order valence-electron chi connectivity index (χ2n) is 4.25. The number of hydrogen-bond donors (Lipinski definition) is 1. The van der Waals surface area contributed by atoms with Gasteiger partial charge in [-0.3, -0.25) is 19.6 Å². The quantitative estimate of drug-likeness (QED) is 0.673. The Kier molecular flexibility index (Phi) is 4.27. The molecular weight excluding hydrogens is 279 g/mol. The number of hydrogen-bond acceptors (Lipinski definition) is 4. The van der Waals surface area contributed by atoms with E-state index in [-0.39, 0.29) is 17.9 Å². The molecule has 0 bridgehead atoms. The van der Waals surface area contributed by atoms with Crippen molar-refractivity contribution in [2.24, 2.45) is 0 Å². The number of benzene rings is 1. The highest BCUT2D eigenvalue weighted by Crippen LogP contribution is 2.16. The monoisotopic (exact) mass is 292 g/mol. The van der Waals surface area contributed by atoms with Crippen LogP contribution in [0.4, 0.5) is 10.1 Å². The van der Waals surface area contributed by atoms with Crippen LogP contribution in [0.15, 0.2) is 30.5 Å². The summed E-state index contributed by atoms with van der Waals surface area (Å²) in [6.45, 7) is 2.08. The Hall–Kier alpha value is -2.77. The van der Waals surface area contributed by atoms with Gasteiger partial charge in [-0.2, -0.15) is 5.10 Å². The summed E-state index contributed by atoms with van der Waals surface area (Å²) in [6, 6.07) is 5.97. The zero-order chi connectivity index (χ0) is 15.4. The molecule has 7 nitrogen and oxygen atoms in total. The number of aromatic nitrogens is 2. The van der Waals surface area contributed by atoms with E-state index in [1.54, 1.807) is 13.0 Å². The second kappa shape index (κ2) is 6.12. The third-order valence-corrected chi connectivity index (χ3v) is 2.88. The van der Waals surface area contributed by atoms with Gasteiger partial charge in [-0.25, -0.2) is 4.39 Å². The number of nitrogens with one attached hydrogen (secondary N) is 1. The summed E-state index contributed by atoms with van der Waals surface area (Å²) in [5, 5.41) is 17.2. The molecule has 0 unspecified atom stereocenters. The standard InChI is InChI=1S/C13H13FN4O3/c1-2-17-8-11(18(20)21)12(16-17)13(19)15-7-9-5-3-4-6-10(9)14/h3-6,8H,2,7H2,1H3,(H,15,19). The van der Waals surface area contributed by atoms with Gasteiger partial charge in [0.15, 0.2) is 0 Å². The lowest BCUT2D eigenvalue weighted by atomic mass is 10.2. The van der Waals surface area contributed by atoms with Gasteiger partial charge in [-0.05, 0) is 13.0 Å². The Balaban J connectivity index is 2.15. The Morgan fingerprint density at radius 2 is 2.19 bits per heavy atom. The van der Waals surface area contributed by atoms with Gasteiger partial charge in [0.2, 0.25) is 5.69 Å². The van der Waals surface area contributed by atoms with Crippen LogP contribution in [0.25, 0.3) is 0 Å². The van der Waals surface area contributed by atoms with Crippen molar-refractivity contribution in [1.82, 2.24) is 15.1 Å². The first-order valence-electron chi connectivity index (χ1n) is 6.26. The van der Waals surface area contributed by atoms with Crippen LogP contribution in [0.1, 0.15) is 23.0 Å². The number of carbonyl (C=O) groups excluding carboxylic acids is 1. The lowest BCUT2D eigenvalue weighted by Crippen LogP contribution is -2.24. The van der Waals surface area contributed by atoms with Crippen LogP contribution in [0, 0.1) is 15.9 Å². The molecule has 0 aliphatic carbocycles. The lowest BCUT2D eigenvalue weighted by Gasteiger charge is -2.04. The van der Waals surface area contributed by atoms with Gasteiger partial charge in [0.1, 0.15) is 12.0 Å². The maximum atomic E-state index is 13.4. The van der Waals surface area contributed by atoms with E-state index in [0.717, 1.165) is 0 Å². The van der Waals surface area contributed by atoms with E-state index in [1.807, 2.05) is 0 Å². The molecule has 0 saturated carbocycles. The maximum absolute atomic E-state index is 13.4. The molecule has 1 aromatic carbocycles. The average Bonchev–Trinajstić information content (AvgIpc) is 2.90. The van der Waals surface area contributed by atoms with Crippen molar-refractivity contribution in [3.8, 4) is 0 Å². The number of amides is 1. The van der Waals surface area contributed by atoms with E-state index < -0.39 is 16.6 Å². The summed E-state index contributed by atoms with van der Waals surface area (Å²) in [6.07, 6.45) is 1.19. The molecule has 0 aliphatic heterocycles. The van der Waals surface area contributed by atoms with Gasteiger partial charge in [-0.15, -0.1) is 0 Å². The molecule has 2 aromatic rings.